The number of rotatable bonds is 5. The van der Waals surface area contributed by atoms with E-state index in [1.165, 1.54) is 0 Å². The van der Waals surface area contributed by atoms with Gasteiger partial charge in [-0.2, -0.15) is 0 Å². The predicted octanol–water partition coefficient (Wildman–Crippen LogP) is 0.910. The molecule has 88 valence electrons. The number of nitrogens with one attached hydrogen (secondary N) is 2. The molecule has 2 aromatic rings. The van der Waals surface area contributed by atoms with Gasteiger partial charge in [-0.1, -0.05) is 18.2 Å². The first-order chi connectivity index (χ1) is 8.22. The third-order valence-electron chi connectivity index (χ3n) is 2.67. The highest BCUT2D eigenvalue weighted by molar-refractivity contribution is 5.84. The number of hydrogen-bond acceptors (Lipinski definition) is 2. The van der Waals surface area contributed by atoms with Gasteiger partial charge in [0.2, 0.25) is 6.41 Å². The minimum absolute atomic E-state index is 0.262. The lowest BCUT2D eigenvalue weighted by Gasteiger charge is -2.09. The topological polar surface area (TPSA) is 82.2 Å². The zero-order valence-corrected chi connectivity index (χ0v) is 9.01. The molecule has 0 fully saturated rings. The first-order valence-electron chi connectivity index (χ1n) is 5.20. The van der Waals surface area contributed by atoms with Crippen LogP contribution in [0.3, 0.4) is 0 Å². The van der Waals surface area contributed by atoms with E-state index in [2.05, 4.69) is 10.3 Å². The third-order valence-corrected chi connectivity index (χ3v) is 2.67. The number of carbonyl (C=O) groups is 2. The fourth-order valence-electron chi connectivity index (χ4n) is 1.82. The molecule has 1 amide bonds. The van der Waals surface area contributed by atoms with Crippen molar-refractivity contribution in [3.8, 4) is 0 Å². The van der Waals surface area contributed by atoms with Crippen LogP contribution in [0.5, 0.6) is 0 Å². The van der Waals surface area contributed by atoms with Gasteiger partial charge in [-0.3, -0.25) is 4.79 Å². The summed E-state index contributed by atoms with van der Waals surface area (Å²) in [4.78, 5) is 24.3. The number of carboxylic acids is 1. The monoisotopic (exact) mass is 232 g/mol. The summed E-state index contributed by atoms with van der Waals surface area (Å²) < 4.78 is 0. The van der Waals surface area contributed by atoms with Gasteiger partial charge in [0, 0.05) is 23.5 Å². The van der Waals surface area contributed by atoms with Gasteiger partial charge in [0.15, 0.2) is 0 Å². The molecule has 5 heteroatoms. The van der Waals surface area contributed by atoms with Crippen molar-refractivity contribution in [1.29, 1.82) is 0 Å². The van der Waals surface area contributed by atoms with Gasteiger partial charge in [0.1, 0.15) is 6.04 Å². The number of carbonyl (C=O) groups excluding carboxylic acids is 1. The van der Waals surface area contributed by atoms with Crippen LogP contribution in [-0.4, -0.2) is 28.5 Å². The Morgan fingerprint density at radius 3 is 2.94 bits per heavy atom. The normalized spacial score (nSPS) is 12.2. The van der Waals surface area contributed by atoms with E-state index < -0.39 is 12.0 Å². The molecule has 3 N–H and O–H groups in total. The number of aromatic nitrogens is 1. The van der Waals surface area contributed by atoms with Gasteiger partial charge >= 0.3 is 5.97 Å². The van der Waals surface area contributed by atoms with Gasteiger partial charge in [-0.25, -0.2) is 4.79 Å². The molecule has 0 saturated carbocycles. The summed E-state index contributed by atoms with van der Waals surface area (Å²) in [5.41, 5.74) is 1.83. The predicted molar refractivity (Wildman–Crippen MR) is 62.6 cm³/mol. The van der Waals surface area contributed by atoms with E-state index in [0.717, 1.165) is 16.5 Å². The van der Waals surface area contributed by atoms with Crippen molar-refractivity contribution in [1.82, 2.24) is 10.3 Å². The Hall–Kier alpha value is -2.30. The fourth-order valence-corrected chi connectivity index (χ4v) is 1.82. The van der Waals surface area contributed by atoms with E-state index in [9.17, 15) is 9.59 Å². The van der Waals surface area contributed by atoms with Crippen LogP contribution in [0.2, 0.25) is 0 Å². The molecular formula is C12H12N2O3. The summed E-state index contributed by atoms with van der Waals surface area (Å²) in [6.45, 7) is 0. The lowest BCUT2D eigenvalue weighted by molar-refractivity contribution is -0.140. The number of amides is 1. The highest BCUT2D eigenvalue weighted by Crippen LogP contribution is 2.18. The van der Waals surface area contributed by atoms with Gasteiger partial charge in [0.05, 0.1) is 0 Å². The first kappa shape index (κ1) is 11.2. The molecule has 1 aromatic heterocycles. The quantitative estimate of drug-likeness (QED) is 0.670. The van der Waals surface area contributed by atoms with Crippen molar-refractivity contribution in [2.75, 3.05) is 0 Å². The smallest absolute Gasteiger partial charge is 0.326 e. The van der Waals surface area contributed by atoms with Crippen LogP contribution in [0.4, 0.5) is 0 Å². The number of H-pyrrole nitrogens is 1. The first-order valence-corrected chi connectivity index (χ1v) is 5.20. The standard InChI is InChI=1S/C12H12N2O3/c15-7-14-11(12(16)17)5-8-6-13-10-4-2-1-3-9(8)10/h1-4,6-7,11,13H,5H2,(H,14,15)(H,16,17)/t11-/m0/s1. The maximum absolute atomic E-state index is 10.9. The van der Waals surface area contributed by atoms with Crippen LogP contribution in [0.25, 0.3) is 10.9 Å². The molecule has 0 aliphatic heterocycles. The second-order valence-corrected chi connectivity index (χ2v) is 3.74. The summed E-state index contributed by atoms with van der Waals surface area (Å²) in [6, 6.07) is 6.73. The van der Waals surface area contributed by atoms with Gasteiger partial charge in [0.25, 0.3) is 0 Å². The number of para-hydroxylation sites is 1. The molecule has 1 heterocycles. The molecule has 0 unspecified atom stereocenters. The van der Waals surface area contributed by atoms with Crippen LogP contribution in [0, 0.1) is 0 Å². The van der Waals surface area contributed by atoms with Crippen molar-refractivity contribution in [3.63, 3.8) is 0 Å². The van der Waals surface area contributed by atoms with Crippen LogP contribution < -0.4 is 5.32 Å². The number of hydrogen-bond donors (Lipinski definition) is 3. The highest BCUT2D eigenvalue weighted by atomic mass is 16.4. The summed E-state index contributed by atoms with van der Waals surface area (Å²) in [7, 11) is 0. The van der Waals surface area contributed by atoms with Crippen LogP contribution in [-0.2, 0) is 16.0 Å². The largest absolute Gasteiger partial charge is 0.480 e. The summed E-state index contributed by atoms with van der Waals surface area (Å²) in [6.07, 6.45) is 2.44. The Bertz CT molecular complexity index is 547. The van der Waals surface area contributed by atoms with Crippen molar-refractivity contribution < 1.29 is 14.7 Å². The second-order valence-electron chi connectivity index (χ2n) is 3.74. The van der Waals surface area contributed by atoms with Crippen LogP contribution in [0.1, 0.15) is 5.56 Å². The molecule has 2 rings (SSSR count). The molecule has 0 radical (unpaired) electrons. The Morgan fingerprint density at radius 1 is 1.47 bits per heavy atom. The minimum Gasteiger partial charge on any atom is -0.480 e. The van der Waals surface area contributed by atoms with Crippen LogP contribution in [0.15, 0.2) is 30.5 Å². The second kappa shape index (κ2) is 4.69. The van der Waals surface area contributed by atoms with Crippen molar-refractivity contribution in [2.24, 2.45) is 0 Å². The lowest BCUT2D eigenvalue weighted by atomic mass is 10.1. The summed E-state index contributed by atoms with van der Waals surface area (Å²) in [5.74, 6) is -1.04. The Morgan fingerprint density at radius 2 is 2.24 bits per heavy atom. The molecule has 17 heavy (non-hydrogen) atoms. The Kier molecular flexibility index (Phi) is 3.09. The molecule has 5 nitrogen and oxygen atoms in total. The average Bonchev–Trinajstić information content (AvgIpc) is 2.72. The van der Waals surface area contributed by atoms with Gasteiger partial charge in [-0.15, -0.1) is 0 Å². The highest BCUT2D eigenvalue weighted by Gasteiger charge is 2.18. The van der Waals surface area contributed by atoms with Crippen LogP contribution >= 0.6 is 0 Å². The van der Waals surface area contributed by atoms with E-state index in [1.54, 1.807) is 6.20 Å². The lowest BCUT2D eigenvalue weighted by Crippen LogP contribution is -2.37. The summed E-state index contributed by atoms with van der Waals surface area (Å²) >= 11 is 0. The fraction of sp³-hybridized carbons (Fsp3) is 0.167. The molecule has 0 aliphatic carbocycles. The van der Waals surface area contributed by atoms with Crippen molar-refractivity contribution in [3.05, 3.63) is 36.0 Å². The minimum atomic E-state index is -1.04. The molecule has 0 spiro atoms. The van der Waals surface area contributed by atoms with E-state index >= 15 is 0 Å². The Labute approximate surface area is 97.4 Å². The number of aromatic amines is 1. The zero-order chi connectivity index (χ0) is 12.3. The number of fused-ring (bicyclic) bond motifs is 1. The molecule has 1 aromatic carbocycles. The van der Waals surface area contributed by atoms with E-state index in [1.807, 2.05) is 24.3 Å². The molecule has 1 atom stereocenters. The maximum atomic E-state index is 10.9. The zero-order valence-electron chi connectivity index (χ0n) is 9.01. The average molecular weight is 232 g/mol. The van der Waals surface area contributed by atoms with Gasteiger partial charge < -0.3 is 15.4 Å². The van der Waals surface area contributed by atoms with E-state index in [-0.39, 0.29) is 6.42 Å². The Balaban J connectivity index is 2.28. The van der Waals surface area contributed by atoms with Crippen molar-refractivity contribution in [2.45, 2.75) is 12.5 Å². The number of carboxylic acid groups (broad SMARTS) is 1. The summed E-state index contributed by atoms with van der Waals surface area (Å²) in [5, 5.41) is 12.2. The number of aliphatic carboxylic acids is 1. The molecular weight excluding hydrogens is 220 g/mol. The van der Waals surface area contributed by atoms with E-state index in [4.69, 9.17) is 5.11 Å². The van der Waals surface area contributed by atoms with Crippen molar-refractivity contribution >= 4 is 23.3 Å². The van der Waals surface area contributed by atoms with Gasteiger partial charge in [-0.05, 0) is 11.6 Å². The number of benzene rings is 1. The third kappa shape index (κ3) is 2.28. The molecule has 0 saturated heterocycles. The van der Waals surface area contributed by atoms with E-state index in [0.29, 0.717) is 6.41 Å². The molecule has 0 aliphatic rings. The SMILES string of the molecule is O=CN[C@@H](Cc1c[nH]c2ccccc12)C(=O)O. The molecule has 0 bridgehead atoms. The maximum Gasteiger partial charge on any atom is 0.326 e.